The molecule has 1 aromatic heterocycles. The van der Waals surface area contributed by atoms with Gasteiger partial charge in [-0.25, -0.2) is 9.37 Å². The molecule has 1 amide bonds. The van der Waals surface area contributed by atoms with E-state index in [-0.39, 0.29) is 24.2 Å². The van der Waals surface area contributed by atoms with Crippen molar-refractivity contribution in [1.29, 1.82) is 0 Å². The van der Waals surface area contributed by atoms with E-state index in [0.29, 0.717) is 17.1 Å². The molecule has 0 aliphatic rings. The van der Waals surface area contributed by atoms with Crippen LogP contribution < -0.4 is 15.4 Å². The quantitative estimate of drug-likeness (QED) is 0.611. The van der Waals surface area contributed by atoms with Gasteiger partial charge in [0.25, 0.3) is 0 Å². The fourth-order valence-electron chi connectivity index (χ4n) is 2.64. The van der Waals surface area contributed by atoms with Gasteiger partial charge < -0.3 is 15.4 Å². The average Bonchev–Trinajstić information content (AvgIpc) is 2.64. The lowest BCUT2D eigenvalue weighted by molar-refractivity contribution is -0.115. The highest BCUT2D eigenvalue weighted by Crippen LogP contribution is 2.27. The van der Waals surface area contributed by atoms with Crippen LogP contribution in [0.2, 0.25) is 0 Å². The monoisotopic (exact) mass is 379 g/mol. The van der Waals surface area contributed by atoms with Gasteiger partial charge in [-0.1, -0.05) is 24.3 Å². The molecular weight excluding hydrogens is 357 g/mol. The van der Waals surface area contributed by atoms with E-state index in [1.54, 1.807) is 30.5 Å². The summed E-state index contributed by atoms with van der Waals surface area (Å²) in [6, 6.07) is 17.1. The first-order valence-corrected chi connectivity index (χ1v) is 9.02. The summed E-state index contributed by atoms with van der Waals surface area (Å²) in [5, 5.41) is 5.98. The third-order valence-corrected chi connectivity index (χ3v) is 3.81. The van der Waals surface area contributed by atoms with Crippen molar-refractivity contribution in [2.75, 3.05) is 10.6 Å². The third kappa shape index (κ3) is 5.54. The Labute approximate surface area is 163 Å². The molecule has 2 aromatic carbocycles. The molecule has 0 saturated carbocycles. The summed E-state index contributed by atoms with van der Waals surface area (Å²) in [7, 11) is 0. The van der Waals surface area contributed by atoms with E-state index in [9.17, 15) is 9.18 Å². The number of carbonyl (C=O) groups excluding carboxylic acids is 1. The summed E-state index contributed by atoms with van der Waals surface area (Å²) in [6.45, 7) is 3.94. The Morgan fingerprint density at radius 2 is 1.93 bits per heavy atom. The molecule has 2 N–H and O–H groups in total. The largest absolute Gasteiger partial charge is 0.489 e. The van der Waals surface area contributed by atoms with Crippen LogP contribution in [0, 0.1) is 5.82 Å². The number of halogens is 1. The summed E-state index contributed by atoms with van der Waals surface area (Å²) in [6.07, 6.45) is 1.72. The van der Waals surface area contributed by atoms with Crippen molar-refractivity contribution in [1.82, 2.24) is 4.98 Å². The number of nitrogens with one attached hydrogen (secondary N) is 2. The average molecular weight is 379 g/mol. The fraction of sp³-hybridized carbons (Fsp3) is 0.182. The number of hydrogen-bond acceptors (Lipinski definition) is 4. The van der Waals surface area contributed by atoms with Crippen LogP contribution in [-0.4, -0.2) is 17.0 Å². The van der Waals surface area contributed by atoms with Crippen molar-refractivity contribution in [2.45, 2.75) is 26.4 Å². The Morgan fingerprint density at radius 1 is 1.11 bits per heavy atom. The zero-order valence-corrected chi connectivity index (χ0v) is 15.8. The molecule has 0 saturated heterocycles. The molecule has 0 fully saturated rings. The third-order valence-electron chi connectivity index (χ3n) is 3.81. The zero-order valence-electron chi connectivity index (χ0n) is 15.8. The number of hydrogen-bond donors (Lipinski definition) is 2. The van der Waals surface area contributed by atoms with E-state index in [2.05, 4.69) is 15.6 Å². The number of amides is 1. The molecule has 0 aliphatic carbocycles. The molecule has 0 aliphatic heterocycles. The number of nitrogens with zero attached hydrogens (tertiary/aromatic N) is 1. The summed E-state index contributed by atoms with van der Waals surface area (Å²) < 4.78 is 19.0. The van der Waals surface area contributed by atoms with Crippen LogP contribution in [0.5, 0.6) is 5.75 Å². The second-order valence-corrected chi connectivity index (χ2v) is 6.57. The normalized spacial score (nSPS) is 10.6. The Bertz CT molecular complexity index is 943. The molecule has 3 rings (SSSR count). The zero-order chi connectivity index (χ0) is 19.9. The smallest absolute Gasteiger partial charge is 0.228 e. The first kappa shape index (κ1) is 19.4. The van der Waals surface area contributed by atoms with Crippen LogP contribution in [-0.2, 0) is 11.2 Å². The van der Waals surface area contributed by atoms with Gasteiger partial charge in [-0.2, -0.15) is 0 Å². The number of aromatic nitrogens is 1. The Hall–Kier alpha value is -3.41. The van der Waals surface area contributed by atoms with Crippen molar-refractivity contribution in [3.05, 3.63) is 78.2 Å². The van der Waals surface area contributed by atoms with E-state index in [1.807, 2.05) is 38.1 Å². The van der Waals surface area contributed by atoms with E-state index < -0.39 is 0 Å². The topological polar surface area (TPSA) is 63.2 Å². The van der Waals surface area contributed by atoms with Crippen molar-refractivity contribution >= 4 is 23.1 Å². The molecule has 28 heavy (non-hydrogen) atoms. The van der Waals surface area contributed by atoms with Gasteiger partial charge in [-0.05, 0) is 55.8 Å². The van der Waals surface area contributed by atoms with Gasteiger partial charge >= 0.3 is 0 Å². The number of benzene rings is 2. The predicted octanol–water partition coefficient (Wildman–Crippen LogP) is 4.93. The molecule has 0 bridgehead atoms. The highest BCUT2D eigenvalue weighted by molar-refractivity contribution is 5.92. The molecule has 1 heterocycles. The molecule has 0 unspecified atom stereocenters. The van der Waals surface area contributed by atoms with Crippen molar-refractivity contribution < 1.29 is 13.9 Å². The van der Waals surface area contributed by atoms with Gasteiger partial charge in [0.2, 0.25) is 5.91 Å². The number of para-hydroxylation sites is 2. The lowest BCUT2D eigenvalue weighted by Crippen LogP contribution is -2.14. The Kier molecular flexibility index (Phi) is 6.22. The van der Waals surface area contributed by atoms with Crippen molar-refractivity contribution in [3.63, 3.8) is 0 Å². The van der Waals surface area contributed by atoms with E-state index >= 15 is 0 Å². The van der Waals surface area contributed by atoms with Crippen LogP contribution >= 0.6 is 0 Å². The predicted molar refractivity (Wildman–Crippen MR) is 108 cm³/mol. The molecule has 0 atom stereocenters. The number of ether oxygens (including phenoxy) is 1. The van der Waals surface area contributed by atoms with Crippen LogP contribution in [0.1, 0.15) is 19.4 Å². The van der Waals surface area contributed by atoms with Gasteiger partial charge in [0.15, 0.2) is 0 Å². The van der Waals surface area contributed by atoms with Crippen LogP contribution in [0.4, 0.5) is 21.6 Å². The van der Waals surface area contributed by atoms with E-state index in [0.717, 1.165) is 11.4 Å². The van der Waals surface area contributed by atoms with Crippen molar-refractivity contribution in [3.8, 4) is 5.75 Å². The first-order chi connectivity index (χ1) is 13.5. The van der Waals surface area contributed by atoms with Crippen LogP contribution in [0.3, 0.4) is 0 Å². The summed E-state index contributed by atoms with van der Waals surface area (Å²) in [4.78, 5) is 16.4. The van der Waals surface area contributed by atoms with Crippen LogP contribution in [0.15, 0.2) is 66.9 Å². The van der Waals surface area contributed by atoms with E-state index in [1.165, 1.54) is 12.1 Å². The number of carbonyl (C=O) groups is 1. The van der Waals surface area contributed by atoms with Gasteiger partial charge in [0.05, 0.1) is 30.1 Å². The minimum Gasteiger partial charge on any atom is -0.489 e. The van der Waals surface area contributed by atoms with E-state index in [4.69, 9.17) is 4.74 Å². The second kappa shape index (κ2) is 8.99. The molecule has 6 heteroatoms. The first-order valence-electron chi connectivity index (χ1n) is 9.02. The van der Waals surface area contributed by atoms with Gasteiger partial charge in [-0.15, -0.1) is 0 Å². The number of pyridine rings is 1. The maximum Gasteiger partial charge on any atom is 0.228 e. The minimum atomic E-state index is -0.357. The number of rotatable bonds is 7. The lowest BCUT2D eigenvalue weighted by atomic mass is 10.1. The summed E-state index contributed by atoms with van der Waals surface area (Å²) in [5.74, 6) is 0.780. The molecule has 0 spiro atoms. The summed E-state index contributed by atoms with van der Waals surface area (Å²) in [5.41, 5.74) is 2.00. The summed E-state index contributed by atoms with van der Waals surface area (Å²) >= 11 is 0. The Balaban J connectivity index is 1.62. The lowest BCUT2D eigenvalue weighted by Gasteiger charge is -2.15. The minimum absolute atomic E-state index is 0.0617. The maximum absolute atomic E-state index is 13.2. The van der Waals surface area contributed by atoms with Crippen molar-refractivity contribution in [2.24, 2.45) is 0 Å². The molecule has 0 radical (unpaired) electrons. The molecule has 3 aromatic rings. The van der Waals surface area contributed by atoms with Gasteiger partial charge in [0.1, 0.15) is 17.4 Å². The second-order valence-electron chi connectivity index (χ2n) is 6.57. The molecule has 144 valence electrons. The standard InChI is InChI=1S/C22H22FN3O2/c1-15(2)28-20-9-4-3-8-19(20)26-21-11-10-18(14-24-21)25-22(27)13-16-6-5-7-17(23)12-16/h3-12,14-15H,13H2,1-2H3,(H,24,26)(H,25,27). The van der Waals surface area contributed by atoms with Gasteiger partial charge in [0, 0.05) is 0 Å². The van der Waals surface area contributed by atoms with Crippen LogP contribution in [0.25, 0.3) is 0 Å². The number of anilines is 3. The molecule has 5 nitrogen and oxygen atoms in total. The molecular formula is C22H22FN3O2. The highest BCUT2D eigenvalue weighted by atomic mass is 19.1. The highest BCUT2D eigenvalue weighted by Gasteiger charge is 2.08. The SMILES string of the molecule is CC(C)Oc1ccccc1Nc1ccc(NC(=O)Cc2cccc(F)c2)cn1. The van der Waals surface area contributed by atoms with Gasteiger partial charge in [-0.3, -0.25) is 4.79 Å². The maximum atomic E-state index is 13.2. The fourth-order valence-corrected chi connectivity index (χ4v) is 2.64. The Morgan fingerprint density at radius 3 is 2.64 bits per heavy atom.